The molecule has 1 fully saturated rings. The van der Waals surface area contributed by atoms with Crippen molar-refractivity contribution >= 4 is 18.2 Å². The second-order valence-electron chi connectivity index (χ2n) is 6.64. The molecule has 1 aliphatic rings. The number of ether oxygens (including phenoxy) is 2. The minimum absolute atomic E-state index is 0.199. The summed E-state index contributed by atoms with van der Waals surface area (Å²) in [4.78, 5) is 37.7. The van der Waals surface area contributed by atoms with Crippen LogP contribution in [0, 0.1) is 0 Å². The second kappa shape index (κ2) is 9.69. The molecule has 0 saturated carbocycles. The first-order valence-electron chi connectivity index (χ1n) is 9.38. The van der Waals surface area contributed by atoms with Crippen LogP contribution >= 0.6 is 0 Å². The Kier molecular flexibility index (Phi) is 6.78. The third kappa shape index (κ3) is 5.19. The highest BCUT2D eigenvalue weighted by Crippen LogP contribution is 2.23. The highest BCUT2D eigenvalue weighted by atomic mass is 16.6. The molecule has 3 rings (SSSR count). The largest absolute Gasteiger partial charge is 0.482 e. The van der Waals surface area contributed by atoms with Crippen LogP contribution in [0.1, 0.15) is 41.3 Å². The fourth-order valence-electron chi connectivity index (χ4n) is 3.12. The summed E-state index contributed by atoms with van der Waals surface area (Å²) in [6.07, 6.45) is 2.78. The number of likely N-dealkylation sites (tertiary alicyclic amines) is 1. The van der Waals surface area contributed by atoms with Crippen molar-refractivity contribution < 1.29 is 23.9 Å². The molecule has 6 heteroatoms. The summed E-state index contributed by atoms with van der Waals surface area (Å²) < 4.78 is 10.9. The molecule has 0 radical (unpaired) electrons. The third-order valence-electron chi connectivity index (χ3n) is 4.62. The number of piperidine rings is 1. The number of hydrogen-bond donors (Lipinski definition) is 0. The Hall–Kier alpha value is -3.15. The summed E-state index contributed by atoms with van der Waals surface area (Å²) in [6.45, 7) is 1.04. The Labute approximate surface area is 164 Å². The Morgan fingerprint density at radius 2 is 1.64 bits per heavy atom. The van der Waals surface area contributed by atoms with Gasteiger partial charge in [0.15, 0.2) is 6.61 Å². The lowest BCUT2D eigenvalue weighted by atomic mass is 10.1. The number of hydrogen-bond acceptors (Lipinski definition) is 5. The van der Waals surface area contributed by atoms with Crippen molar-refractivity contribution in [3.8, 4) is 5.75 Å². The molecule has 2 aromatic carbocycles. The smallest absolute Gasteiger partial charge is 0.345 e. The minimum atomic E-state index is -0.979. The molecular weight excluding hydrogens is 358 g/mol. The molecule has 6 nitrogen and oxygen atoms in total. The molecule has 1 amide bonds. The van der Waals surface area contributed by atoms with E-state index in [1.54, 1.807) is 41.3 Å². The van der Waals surface area contributed by atoms with Crippen molar-refractivity contribution in [1.82, 2.24) is 4.90 Å². The van der Waals surface area contributed by atoms with E-state index in [1.807, 2.05) is 18.2 Å². The summed E-state index contributed by atoms with van der Waals surface area (Å²) >= 11 is 0. The molecule has 1 heterocycles. The molecule has 0 N–H and O–H groups in total. The monoisotopic (exact) mass is 381 g/mol. The number of amides is 1. The van der Waals surface area contributed by atoms with Gasteiger partial charge in [-0.3, -0.25) is 9.59 Å². The van der Waals surface area contributed by atoms with Gasteiger partial charge in [0.25, 0.3) is 5.91 Å². The van der Waals surface area contributed by atoms with E-state index < -0.39 is 12.1 Å². The van der Waals surface area contributed by atoms with Crippen LogP contribution in [0.15, 0.2) is 54.6 Å². The molecule has 0 aliphatic carbocycles. The van der Waals surface area contributed by atoms with Crippen molar-refractivity contribution in [3.05, 3.63) is 65.7 Å². The van der Waals surface area contributed by atoms with Gasteiger partial charge < -0.3 is 14.4 Å². The minimum Gasteiger partial charge on any atom is -0.482 e. The Bertz CT molecular complexity index is 797. The van der Waals surface area contributed by atoms with E-state index in [0.29, 0.717) is 30.0 Å². The quantitative estimate of drug-likeness (QED) is 0.544. The van der Waals surface area contributed by atoms with Gasteiger partial charge in [-0.2, -0.15) is 0 Å². The number of aldehydes is 1. The topological polar surface area (TPSA) is 72.9 Å². The van der Waals surface area contributed by atoms with Crippen molar-refractivity contribution in [2.75, 3.05) is 19.7 Å². The molecule has 28 heavy (non-hydrogen) atoms. The van der Waals surface area contributed by atoms with Gasteiger partial charge in [-0.15, -0.1) is 0 Å². The Morgan fingerprint density at radius 3 is 2.29 bits per heavy atom. The van der Waals surface area contributed by atoms with Crippen LogP contribution in [0.5, 0.6) is 5.75 Å². The maximum Gasteiger partial charge on any atom is 0.345 e. The molecule has 146 valence electrons. The highest BCUT2D eigenvalue weighted by Gasteiger charge is 2.30. The third-order valence-corrected chi connectivity index (χ3v) is 4.62. The second-order valence-corrected chi connectivity index (χ2v) is 6.64. The Morgan fingerprint density at radius 1 is 0.964 bits per heavy atom. The summed E-state index contributed by atoms with van der Waals surface area (Å²) in [5.41, 5.74) is 1.16. The first kappa shape index (κ1) is 19.6. The summed E-state index contributed by atoms with van der Waals surface area (Å²) in [5.74, 6) is -0.380. The zero-order chi connectivity index (χ0) is 19.8. The first-order valence-corrected chi connectivity index (χ1v) is 9.38. The Balaban J connectivity index is 1.65. The summed E-state index contributed by atoms with van der Waals surface area (Å²) in [7, 11) is 0. The number of benzene rings is 2. The first-order chi connectivity index (χ1) is 13.7. The van der Waals surface area contributed by atoms with E-state index in [0.717, 1.165) is 25.5 Å². The molecule has 1 aliphatic heterocycles. The fourth-order valence-corrected chi connectivity index (χ4v) is 3.12. The van der Waals surface area contributed by atoms with Gasteiger partial charge in [-0.05, 0) is 43.5 Å². The van der Waals surface area contributed by atoms with E-state index in [1.165, 1.54) is 0 Å². The lowest BCUT2D eigenvalue weighted by Crippen LogP contribution is -2.40. The average molecular weight is 381 g/mol. The van der Waals surface area contributed by atoms with Crippen molar-refractivity contribution in [2.45, 2.75) is 25.4 Å². The van der Waals surface area contributed by atoms with Crippen LogP contribution in [0.4, 0.5) is 0 Å². The van der Waals surface area contributed by atoms with Gasteiger partial charge in [0.05, 0.1) is 0 Å². The van der Waals surface area contributed by atoms with E-state index in [2.05, 4.69) is 0 Å². The highest BCUT2D eigenvalue weighted by molar-refractivity contribution is 5.85. The SMILES string of the molecule is O=Cc1ccc(OCC(=O)O[C@@H](C(=O)N2CCCCC2)c2ccccc2)cc1. The van der Waals surface area contributed by atoms with Gasteiger partial charge in [0.1, 0.15) is 12.0 Å². The molecule has 1 saturated heterocycles. The van der Waals surface area contributed by atoms with Crippen LogP contribution in [-0.4, -0.2) is 42.8 Å². The van der Waals surface area contributed by atoms with Gasteiger partial charge in [-0.25, -0.2) is 4.79 Å². The van der Waals surface area contributed by atoms with Crippen LogP contribution in [0.25, 0.3) is 0 Å². The number of esters is 1. The molecule has 0 spiro atoms. The average Bonchev–Trinajstić information content (AvgIpc) is 2.77. The van der Waals surface area contributed by atoms with E-state index in [4.69, 9.17) is 9.47 Å². The van der Waals surface area contributed by atoms with Gasteiger partial charge in [0.2, 0.25) is 6.10 Å². The molecule has 0 bridgehead atoms. The van der Waals surface area contributed by atoms with Crippen LogP contribution < -0.4 is 4.74 Å². The van der Waals surface area contributed by atoms with E-state index in [-0.39, 0.29) is 12.5 Å². The molecular formula is C22H23NO5. The number of rotatable bonds is 7. The summed E-state index contributed by atoms with van der Waals surface area (Å²) in [6, 6.07) is 15.4. The standard InChI is InChI=1S/C22H23NO5/c24-15-17-9-11-19(12-10-17)27-16-20(25)28-21(18-7-3-1-4-8-18)22(26)23-13-5-2-6-14-23/h1,3-4,7-12,15,21H,2,5-6,13-14,16H2/t21-/m1/s1. The fraction of sp³-hybridized carbons (Fsp3) is 0.318. The maximum atomic E-state index is 13.0. The molecule has 1 atom stereocenters. The molecule has 2 aromatic rings. The molecule has 0 aromatic heterocycles. The van der Waals surface area contributed by atoms with Crippen molar-refractivity contribution in [3.63, 3.8) is 0 Å². The van der Waals surface area contributed by atoms with Crippen molar-refractivity contribution in [1.29, 1.82) is 0 Å². The maximum absolute atomic E-state index is 13.0. The number of nitrogens with zero attached hydrogens (tertiary/aromatic N) is 1. The van der Waals surface area contributed by atoms with E-state index >= 15 is 0 Å². The van der Waals surface area contributed by atoms with Gasteiger partial charge >= 0.3 is 5.97 Å². The lowest BCUT2D eigenvalue weighted by molar-refractivity contribution is -0.163. The van der Waals surface area contributed by atoms with Crippen molar-refractivity contribution in [2.24, 2.45) is 0 Å². The zero-order valence-corrected chi connectivity index (χ0v) is 15.6. The summed E-state index contributed by atoms with van der Waals surface area (Å²) in [5, 5.41) is 0. The zero-order valence-electron chi connectivity index (χ0n) is 15.6. The van der Waals surface area contributed by atoms with Gasteiger partial charge in [-0.1, -0.05) is 30.3 Å². The van der Waals surface area contributed by atoms with Gasteiger partial charge in [0, 0.05) is 24.2 Å². The predicted octanol–water partition coefficient (Wildman–Crippen LogP) is 3.17. The van der Waals surface area contributed by atoms with Crippen LogP contribution in [-0.2, 0) is 14.3 Å². The number of carbonyl (C=O) groups is 3. The lowest BCUT2D eigenvalue weighted by Gasteiger charge is -2.30. The predicted molar refractivity (Wildman–Crippen MR) is 103 cm³/mol. The number of carbonyl (C=O) groups excluding carboxylic acids is 3. The normalized spacial score (nSPS) is 14.8. The molecule has 0 unspecified atom stereocenters. The van der Waals surface area contributed by atoms with E-state index in [9.17, 15) is 14.4 Å². The van der Waals surface area contributed by atoms with Crippen LogP contribution in [0.2, 0.25) is 0 Å². The van der Waals surface area contributed by atoms with Crippen LogP contribution in [0.3, 0.4) is 0 Å².